The topological polar surface area (TPSA) is 90.6 Å². The van der Waals surface area contributed by atoms with Crippen LogP contribution in [-0.2, 0) is 4.74 Å². The summed E-state index contributed by atoms with van der Waals surface area (Å²) >= 11 is 0. The summed E-state index contributed by atoms with van der Waals surface area (Å²) in [5.41, 5.74) is 3.59. The summed E-state index contributed by atoms with van der Waals surface area (Å²) in [6, 6.07) is 1.77. The SMILES string of the molecule is CNC(=O)c1cncc(-c2cnn3cc(C)c(O[C@H]4CCOC4)nc23)c1. The molecule has 134 valence electrons. The molecular formula is C18H19N5O3. The number of aromatic nitrogens is 4. The lowest BCUT2D eigenvalue weighted by Crippen LogP contribution is -2.18. The van der Waals surface area contributed by atoms with E-state index in [2.05, 4.69) is 20.4 Å². The van der Waals surface area contributed by atoms with Crippen LogP contribution >= 0.6 is 0 Å². The van der Waals surface area contributed by atoms with E-state index in [0.717, 1.165) is 23.1 Å². The Morgan fingerprint density at radius 3 is 3.04 bits per heavy atom. The first kappa shape index (κ1) is 16.5. The Morgan fingerprint density at radius 2 is 2.27 bits per heavy atom. The van der Waals surface area contributed by atoms with Crippen LogP contribution in [-0.4, -0.2) is 51.9 Å². The Hall–Kier alpha value is -3.00. The summed E-state index contributed by atoms with van der Waals surface area (Å²) in [5, 5.41) is 6.97. The third kappa shape index (κ3) is 2.99. The van der Waals surface area contributed by atoms with Crippen molar-refractivity contribution < 1.29 is 14.3 Å². The molecule has 0 radical (unpaired) electrons. The van der Waals surface area contributed by atoms with Crippen molar-refractivity contribution in [1.29, 1.82) is 0 Å². The second-order valence-electron chi connectivity index (χ2n) is 6.20. The maximum absolute atomic E-state index is 11.9. The lowest BCUT2D eigenvalue weighted by atomic mass is 10.1. The summed E-state index contributed by atoms with van der Waals surface area (Å²) in [5.74, 6) is 0.384. The molecule has 1 aliphatic heterocycles. The van der Waals surface area contributed by atoms with E-state index in [-0.39, 0.29) is 12.0 Å². The van der Waals surface area contributed by atoms with Crippen molar-refractivity contribution in [3.63, 3.8) is 0 Å². The third-order valence-corrected chi connectivity index (χ3v) is 4.33. The highest BCUT2D eigenvalue weighted by molar-refractivity contribution is 5.95. The third-order valence-electron chi connectivity index (χ3n) is 4.33. The van der Waals surface area contributed by atoms with Crippen LogP contribution in [0.2, 0.25) is 0 Å². The number of hydrogen-bond acceptors (Lipinski definition) is 6. The molecule has 0 bridgehead atoms. The molecular weight excluding hydrogens is 334 g/mol. The van der Waals surface area contributed by atoms with Gasteiger partial charge in [0.15, 0.2) is 5.65 Å². The lowest BCUT2D eigenvalue weighted by molar-refractivity contribution is 0.0962. The molecule has 3 aromatic heterocycles. The minimum atomic E-state index is -0.190. The number of ether oxygens (including phenoxy) is 2. The van der Waals surface area contributed by atoms with Crippen molar-refractivity contribution in [2.45, 2.75) is 19.4 Å². The van der Waals surface area contributed by atoms with E-state index in [1.165, 1.54) is 6.20 Å². The highest BCUT2D eigenvalue weighted by atomic mass is 16.5. The highest BCUT2D eigenvalue weighted by Gasteiger charge is 2.20. The van der Waals surface area contributed by atoms with Crippen LogP contribution in [0.1, 0.15) is 22.3 Å². The maximum Gasteiger partial charge on any atom is 0.252 e. The zero-order valence-electron chi connectivity index (χ0n) is 14.6. The smallest absolute Gasteiger partial charge is 0.252 e. The molecule has 1 fully saturated rings. The number of aryl methyl sites for hydroxylation is 1. The van der Waals surface area contributed by atoms with E-state index >= 15 is 0 Å². The molecule has 0 aliphatic carbocycles. The van der Waals surface area contributed by atoms with E-state index in [9.17, 15) is 4.79 Å². The quantitative estimate of drug-likeness (QED) is 0.767. The number of fused-ring (bicyclic) bond motifs is 1. The first-order chi connectivity index (χ1) is 12.7. The Kier molecular flexibility index (Phi) is 4.26. The van der Waals surface area contributed by atoms with Crippen molar-refractivity contribution in [2.75, 3.05) is 20.3 Å². The maximum atomic E-state index is 11.9. The van der Waals surface area contributed by atoms with Gasteiger partial charge in [-0.25, -0.2) is 4.52 Å². The van der Waals surface area contributed by atoms with Crippen molar-refractivity contribution in [1.82, 2.24) is 24.9 Å². The lowest BCUT2D eigenvalue weighted by Gasteiger charge is -2.13. The number of rotatable bonds is 4. The number of amides is 1. The summed E-state index contributed by atoms with van der Waals surface area (Å²) in [4.78, 5) is 20.7. The van der Waals surface area contributed by atoms with Gasteiger partial charge in [-0.3, -0.25) is 9.78 Å². The highest BCUT2D eigenvalue weighted by Crippen LogP contribution is 2.27. The molecule has 1 atom stereocenters. The molecule has 26 heavy (non-hydrogen) atoms. The molecule has 1 amide bonds. The largest absolute Gasteiger partial charge is 0.472 e. The predicted molar refractivity (Wildman–Crippen MR) is 94.2 cm³/mol. The van der Waals surface area contributed by atoms with E-state index in [0.29, 0.717) is 30.3 Å². The van der Waals surface area contributed by atoms with Crippen LogP contribution < -0.4 is 10.1 Å². The Bertz CT molecular complexity index is 963. The predicted octanol–water partition coefficient (Wildman–Crippen LogP) is 1.63. The molecule has 0 spiro atoms. The molecule has 1 aliphatic rings. The number of nitrogens with one attached hydrogen (secondary N) is 1. The number of carbonyl (C=O) groups is 1. The first-order valence-electron chi connectivity index (χ1n) is 8.42. The fourth-order valence-electron chi connectivity index (χ4n) is 2.93. The van der Waals surface area contributed by atoms with Crippen molar-refractivity contribution in [2.24, 2.45) is 0 Å². The van der Waals surface area contributed by atoms with Crippen LogP contribution in [0.4, 0.5) is 0 Å². The van der Waals surface area contributed by atoms with E-state index in [1.807, 2.05) is 13.1 Å². The number of pyridine rings is 1. The zero-order chi connectivity index (χ0) is 18.1. The molecule has 1 N–H and O–H groups in total. The molecule has 0 aromatic carbocycles. The average Bonchev–Trinajstić information content (AvgIpc) is 3.31. The standard InChI is InChI=1S/C18H19N5O3/c1-11-9-23-16(22-18(11)26-14-3-4-25-10-14)15(8-21-23)12-5-13(7-20-6-12)17(24)19-2/h5-9,14H,3-4,10H2,1-2H3,(H,19,24)/t14-/m0/s1. The van der Waals surface area contributed by atoms with Crippen LogP contribution in [0, 0.1) is 6.92 Å². The molecule has 1 saturated heterocycles. The van der Waals surface area contributed by atoms with Gasteiger partial charge in [-0.15, -0.1) is 0 Å². The minimum absolute atomic E-state index is 0.0215. The number of carbonyl (C=O) groups excluding carboxylic acids is 1. The van der Waals surface area contributed by atoms with Gasteiger partial charge in [-0.2, -0.15) is 10.1 Å². The van der Waals surface area contributed by atoms with Crippen molar-refractivity contribution in [3.8, 4) is 17.0 Å². The van der Waals surface area contributed by atoms with E-state index in [1.54, 1.807) is 30.0 Å². The van der Waals surface area contributed by atoms with Gasteiger partial charge in [0.05, 0.1) is 25.0 Å². The Morgan fingerprint density at radius 1 is 1.38 bits per heavy atom. The molecule has 8 heteroatoms. The molecule has 0 saturated carbocycles. The van der Waals surface area contributed by atoms with Crippen LogP contribution in [0.15, 0.2) is 30.9 Å². The minimum Gasteiger partial charge on any atom is -0.472 e. The average molecular weight is 353 g/mol. The zero-order valence-corrected chi connectivity index (χ0v) is 14.6. The summed E-state index contributed by atoms with van der Waals surface area (Å²) in [6.07, 6.45) is 7.70. The van der Waals surface area contributed by atoms with Crippen molar-refractivity contribution >= 4 is 11.6 Å². The fourth-order valence-corrected chi connectivity index (χ4v) is 2.93. The Labute approximate surface area is 150 Å². The van der Waals surface area contributed by atoms with Gasteiger partial charge in [-0.1, -0.05) is 0 Å². The second-order valence-corrected chi connectivity index (χ2v) is 6.20. The molecule has 4 rings (SSSR count). The Balaban J connectivity index is 1.75. The fraction of sp³-hybridized carbons (Fsp3) is 0.333. The summed E-state index contributed by atoms with van der Waals surface area (Å²) in [7, 11) is 1.59. The van der Waals surface area contributed by atoms with Crippen LogP contribution in [0.5, 0.6) is 5.88 Å². The number of nitrogens with zero attached hydrogens (tertiary/aromatic N) is 4. The van der Waals surface area contributed by atoms with E-state index < -0.39 is 0 Å². The van der Waals surface area contributed by atoms with Crippen LogP contribution in [0.25, 0.3) is 16.8 Å². The normalized spacial score (nSPS) is 16.8. The number of hydrogen-bond donors (Lipinski definition) is 1. The molecule has 3 aromatic rings. The first-order valence-corrected chi connectivity index (χ1v) is 8.42. The monoisotopic (exact) mass is 353 g/mol. The molecule has 4 heterocycles. The van der Waals surface area contributed by atoms with Gasteiger partial charge in [-0.05, 0) is 13.0 Å². The molecule has 8 nitrogen and oxygen atoms in total. The van der Waals surface area contributed by atoms with Crippen LogP contribution in [0.3, 0.4) is 0 Å². The van der Waals surface area contributed by atoms with Gasteiger partial charge < -0.3 is 14.8 Å². The van der Waals surface area contributed by atoms with Gasteiger partial charge in [0.25, 0.3) is 5.91 Å². The second kappa shape index (κ2) is 6.72. The van der Waals surface area contributed by atoms with Gasteiger partial charge >= 0.3 is 0 Å². The van der Waals surface area contributed by atoms with E-state index in [4.69, 9.17) is 9.47 Å². The summed E-state index contributed by atoms with van der Waals surface area (Å²) < 4.78 is 13.1. The van der Waals surface area contributed by atoms with Gasteiger partial charge in [0, 0.05) is 48.7 Å². The summed E-state index contributed by atoms with van der Waals surface area (Å²) in [6.45, 7) is 3.23. The molecule has 0 unspecified atom stereocenters. The van der Waals surface area contributed by atoms with Crippen molar-refractivity contribution in [3.05, 3.63) is 42.0 Å². The van der Waals surface area contributed by atoms with Gasteiger partial charge in [0.1, 0.15) is 6.10 Å². The van der Waals surface area contributed by atoms with Gasteiger partial charge in [0.2, 0.25) is 5.88 Å².